The molecule has 0 saturated heterocycles. The van der Waals surface area contributed by atoms with E-state index in [-0.39, 0.29) is 11.6 Å². The molecule has 0 aliphatic heterocycles. The molecule has 2 N–H and O–H groups in total. The van der Waals surface area contributed by atoms with Crippen LogP contribution in [0.15, 0.2) is 34.8 Å². The minimum absolute atomic E-state index is 0.0772. The van der Waals surface area contributed by atoms with Gasteiger partial charge in [-0.05, 0) is 34.1 Å². The summed E-state index contributed by atoms with van der Waals surface area (Å²) in [5, 5.41) is 6.40. The van der Waals surface area contributed by atoms with E-state index in [0.717, 1.165) is 12.1 Å². The van der Waals surface area contributed by atoms with E-state index < -0.39 is 11.9 Å². The average Bonchev–Trinajstić information content (AvgIpc) is 2.33. The summed E-state index contributed by atoms with van der Waals surface area (Å²) >= 11 is 3.22. The van der Waals surface area contributed by atoms with Gasteiger partial charge in [-0.2, -0.15) is 13.2 Å². The Balaban J connectivity index is 2.25. The molecule has 2 rings (SSSR count). The molecule has 1 heterocycles. The number of nitrogens with zero attached hydrogens (tertiary/aromatic N) is 2. The van der Waals surface area contributed by atoms with Crippen molar-refractivity contribution in [3.63, 3.8) is 0 Å². The summed E-state index contributed by atoms with van der Waals surface area (Å²) in [5.41, 5.74) is 4.93. The highest BCUT2D eigenvalue weighted by molar-refractivity contribution is 9.10. The predicted molar refractivity (Wildman–Crippen MR) is 65.7 cm³/mol. The van der Waals surface area contributed by atoms with Crippen molar-refractivity contribution in [1.29, 1.82) is 0 Å². The molecule has 1 aromatic carbocycles. The summed E-state index contributed by atoms with van der Waals surface area (Å²) in [6, 6.07) is 6.84. The van der Waals surface area contributed by atoms with Crippen molar-refractivity contribution in [3.05, 3.63) is 40.5 Å². The van der Waals surface area contributed by atoms with Crippen LogP contribution in [0.25, 0.3) is 0 Å². The first-order valence-corrected chi connectivity index (χ1v) is 5.80. The highest BCUT2D eigenvalue weighted by Crippen LogP contribution is 2.34. The van der Waals surface area contributed by atoms with Gasteiger partial charge in [0, 0.05) is 6.07 Å². The standard InChI is InChI=1S/C11H7BrF3N3O/c12-6-2-1-3-7(16)10(6)19-9-5-4-8(17-18-9)11(13,14)15/h1-5H,16H2. The van der Waals surface area contributed by atoms with E-state index in [0.29, 0.717) is 10.2 Å². The van der Waals surface area contributed by atoms with E-state index in [1.807, 2.05) is 0 Å². The third-order valence-corrected chi connectivity index (χ3v) is 2.76. The molecule has 0 unspecified atom stereocenters. The number of ether oxygens (including phenoxy) is 1. The zero-order valence-corrected chi connectivity index (χ0v) is 10.9. The largest absolute Gasteiger partial charge is 0.435 e. The molecule has 0 saturated carbocycles. The van der Waals surface area contributed by atoms with Gasteiger partial charge in [-0.3, -0.25) is 0 Å². The first kappa shape index (κ1) is 13.6. The summed E-state index contributed by atoms with van der Waals surface area (Å²) in [6.45, 7) is 0. The molecule has 0 atom stereocenters. The van der Waals surface area contributed by atoms with Crippen LogP contribution in [-0.2, 0) is 6.18 Å². The highest BCUT2D eigenvalue weighted by Gasteiger charge is 2.33. The Morgan fingerprint density at radius 2 is 1.84 bits per heavy atom. The topological polar surface area (TPSA) is 61.0 Å². The first-order valence-electron chi connectivity index (χ1n) is 5.00. The van der Waals surface area contributed by atoms with Crippen molar-refractivity contribution in [2.45, 2.75) is 6.18 Å². The van der Waals surface area contributed by atoms with Crippen LogP contribution in [0.3, 0.4) is 0 Å². The van der Waals surface area contributed by atoms with Crippen molar-refractivity contribution in [2.75, 3.05) is 5.73 Å². The summed E-state index contributed by atoms with van der Waals surface area (Å²) < 4.78 is 42.8. The molecule has 2 aromatic rings. The molecule has 100 valence electrons. The number of benzene rings is 1. The molecule has 0 bridgehead atoms. The fourth-order valence-electron chi connectivity index (χ4n) is 1.26. The van der Waals surface area contributed by atoms with Gasteiger partial charge in [0.1, 0.15) is 0 Å². The lowest BCUT2D eigenvalue weighted by molar-refractivity contribution is -0.141. The number of halogens is 4. The Kier molecular flexibility index (Phi) is 3.61. The molecule has 1 aromatic heterocycles. The van der Waals surface area contributed by atoms with Gasteiger partial charge >= 0.3 is 6.18 Å². The molecule has 0 fully saturated rings. The number of nitrogen functional groups attached to an aromatic ring is 1. The molecule has 4 nitrogen and oxygen atoms in total. The van der Waals surface area contributed by atoms with E-state index in [1.54, 1.807) is 18.2 Å². The lowest BCUT2D eigenvalue weighted by Gasteiger charge is -2.09. The van der Waals surface area contributed by atoms with Gasteiger partial charge in [-0.15, -0.1) is 10.2 Å². The molecule has 0 aliphatic carbocycles. The first-order chi connectivity index (χ1) is 8.88. The molecule has 19 heavy (non-hydrogen) atoms. The van der Waals surface area contributed by atoms with Crippen LogP contribution in [0, 0.1) is 0 Å². The van der Waals surface area contributed by atoms with Crippen molar-refractivity contribution in [1.82, 2.24) is 10.2 Å². The Labute approximate surface area is 114 Å². The molecule has 0 aliphatic rings. The number of hydrogen-bond acceptors (Lipinski definition) is 4. The molecule has 0 spiro atoms. The number of alkyl halides is 3. The van der Waals surface area contributed by atoms with Crippen LogP contribution in [0.4, 0.5) is 18.9 Å². The van der Waals surface area contributed by atoms with E-state index in [2.05, 4.69) is 26.1 Å². The van der Waals surface area contributed by atoms with Crippen LogP contribution in [0.1, 0.15) is 5.69 Å². The smallest absolute Gasteiger partial charge is 0.434 e. The van der Waals surface area contributed by atoms with Crippen LogP contribution in [0.2, 0.25) is 0 Å². The molecule has 0 radical (unpaired) electrons. The van der Waals surface area contributed by atoms with E-state index in [9.17, 15) is 13.2 Å². The number of aromatic nitrogens is 2. The second kappa shape index (κ2) is 5.04. The molecule has 8 heteroatoms. The van der Waals surface area contributed by atoms with Crippen LogP contribution >= 0.6 is 15.9 Å². The maximum Gasteiger partial charge on any atom is 0.435 e. The summed E-state index contributed by atoms with van der Waals surface area (Å²) in [7, 11) is 0. The van der Waals surface area contributed by atoms with Crippen molar-refractivity contribution >= 4 is 21.6 Å². The van der Waals surface area contributed by atoms with Gasteiger partial charge in [0.2, 0.25) is 5.88 Å². The van der Waals surface area contributed by atoms with Gasteiger partial charge < -0.3 is 10.5 Å². The Bertz CT molecular complexity index is 566. The van der Waals surface area contributed by atoms with Crippen LogP contribution in [0.5, 0.6) is 11.6 Å². The maximum absolute atomic E-state index is 12.3. The lowest BCUT2D eigenvalue weighted by Crippen LogP contribution is -2.09. The number of anilines is 1. The molecular weight excluding hydrogens is 327 g/mol. The average molecular weight is 334 g/mol. The third kappa shape index (κ3) is 3.14. The Morgan fingerprint density at radius 3 is 2.37 bits per heavy atom. The van der Waals surface area contributed by atoms with Gasteiger partial charge in [-0.25, -0.2) is 0 Å². The maximum atomic E-state index is 12.3. The third-order valence-electron chi connectivity index (χ3n) is 2.13. The van der Waals surface area contributed by atoms with Crippen molar-refractivity contribution < 1.29 is 17.9 Å². The zero-order valence-electron chi connectivity index (χ0n) is 9.28. The zero-order chi connectivity index (χ0) is 14.0. The second-order valence-electron chi connectivity index (χ2n) is 3.51. The van der Waals surface area contributed by atoms with E-state index in [1.165, 1.54) is 0 Å². The fourth-order valence-corrected chi connectivity index (χ4v) is 1.73. The van der Waals surface area contributed by atoms with Crippen LogP contribution in [-0.4, -0.2) is 10.2 Å². The highest BCUT2D eigenvalue weighted by atomic mass is 79.9. The summed E-state index contributed by atoms with van der Waals surface area (Å²) in [6.07, 6.45) is -4.53. The fraction of sp³-hybridized carbons (Fsp3) is 0.0909. The van der Waals surface area contributed by atoms with Crippen molar-refractivity contribution in [3.8, 4) is 11.6 Å². The minimum Gasteiger partial charge on any atom is -0.434 e. The number of rotatable bonds is 2. The summed E-state index contributed by atoms with van der Waals surface area (Å²) in [5.74, 6) is 0.197. The van der Waals surface area contributed by atoms with Gasteiger partial charge in [0.05, 0.1) is 10.2 Å². The second-order valence-corrected chi connectivity index (χ2v) is 4.37. The predicted octanol–water partition coefficient (Wildman–Crippen LogP) is 3.63. The normalized spacial score (nSPS) is 11.4. The Morgan fingerprint density at radius 1 is 1.11 bits per heavy atom. The minimum atomic E-state index is -4.53. The molecule has 0 amide bonds. The quantitative estimate of drug-likeness (QED) is 0.852. The van der Waals surface area contributed by atoms with Gasteiger partial charge in [-0.1, -0.05) is 6.07 Å². The SMILES string of the molecule is Nc1cccc(Br)c1Oc1ccc(C(F)(F)F)nn1. The number of hydrogen-bond donors (Lipinski definition) is 1. The summed E-state index contributed by atoms with van der Waals surface area (Å²) in [4.78, 5) is 0. The monoisotopic (exact) mass is 333 g/mol. The van der Waals surface area contributed by atoms with Gasteiger partial charge in [0.25, 0.3) is 0 Å². The van der Waals surface area contributed by atoms with E-state index >= 15 is 0 Å². The van der Waals surface area contributed by atoms with Crippen molar-refractivity contribution in [2.24, 2.45) is 0 Å². The van der Waals surface area contributed by atoms with Gasteiger partial charge in [0.15, 0.2) is 11.4 Å². The molecular formula is C11H7BrF3N3O. The Hall–Kier alpha value is -1.83. The lowest BCUT2D eigenvalue weighted by atomic mass is 10.3. The van der Waals surface area contributed by atoms with Crippen LogP contribution < -0.4 is 10.5 Å². The number of nitrogens with two attached hydrogens (primary N) is 1. The van der Waals surface area contributed by atoms with E-state index in [4.69, 9.17) is 10.5 Å². The number of para-hydroxylation sites is 1.